The standard InChI is InChI=1S/C31H34N8O3/c1-38-18-34-37-29(38)25-11-19(15-32)3-8-24(25)22-13-27(21-4-5-21)35-28(14-22)36-30(40)26-12-20(16-33-9-10-42-2)17-39(31(26)41)23-6-7-23/h3,8,11,13-14,17-18,21,23,26,33H,4-7,9-10,12,16H2,1-2H3,(H,35,36,40). The smallest absolute Gasteiger partial charge is 0.239 e. The molecule has 3 aromatic rings. The number of anilines is 1. The van der Waals surface area contributed by atoms with Crippen LogP contribution in [0.5, 0.6) is 0 Å². The molecule has 1 aliphatic heterocycles. The van der Waals surface area contributed by atoms with Crippen molar-refractivity contribution >= 4 is 17.6 Å². The summed E-state index contributed by atoms with van der Waals surface area (Å²) in [7, 11) is 3.51. The lowest BCUT2D eigenvalue weighted by Crippen LogP contribution is -2.44. The number of rotatable bonds is 11. The molecule has 42 heavy (non-hydrogen) atoms. The molecule has 2 fully saturated rings. The van der Waals surface area contributed by atoms with Gasteiger partial charge >= 0.3 is 0 Å². The van der Waals surface area contributed by atoms with Crippen molar-refractivity contribution in [2.75, 3.05) is 32.1 Å². The van der Waals surface area contributed by atoms with Crippen molar-refractivity contribution in [1.82, 2.24) is 30.0 Å². The maximum Gasteiger partial charge on any atom is 0.239 e. The molecule has 11 nitrogen and oxygen atoms in total. The van der Waals surface area contributed by atoms with Crippen LogP contribution < -0.4 is 10.6 Å². The lowest BCUT2D eigenvalue weighted by Gasteiger charge is -2.30. The number of nitrogens with one attached hydrogen (secondary N) is 2. The van der Waals surface area contributed by atoms with Crippen molar-refractivity contribution < 1.29 is 14.3 Å². The van der Waals surface area contributed by atoms with E-state index in [-0.39, 0.29) is 17.9 Å². The zero-order valence-electron chi connectivity index (χ0n) is 23.8. The number of nitrogens with zero attached hydrogens (tertiary/aromatic N) is 6. The van der Waals surface area contributed by atoms with Crippen molar-refractivity contribution in [1.29, 1.82) is 5.26 Å². The number of ether oxygens (including phenoxy) is 1. The van der Waals surface area contributed by atoms with Crippen LogP contribution in [-0.2, 0) is 21.4 Å². The Hall–Kier alpha value is -4.40. The van der Waals surface area contributed by atoms with Crippen molar-refractivity contribution in [3.05, 3.63) is 59.7 Å². The summed E-state index contributed by atoms with van der Waals surface area (Å²) in [5.41, 5.74) is 4.89. The maximum absolute atomic E-state index is 13.7. The van der Waals surface area contributed by atoms with E-state index < -0.39 is 5.92 Å². The third kappa shape index (κ3) is 5.95. The topological polar surface area (TPSA) is 138 Å². The Morgan fingerprint density at radius 2 is 2.00 bits per heavy atom. The van der Waals surface area contributed by atoms with Gasteiger partial charge in [-0.05, 0) is 73.1 Å². The van der Waals surface area contributed by atoms with E-state index in [0.717, 1.165) is 53.6 Å². The number of carbonyl (C=O) groups excluding carboxylic acids is 2. The van der Waals surface area contributed by atoms with Crippen LogP contribution in [0.3, 0.4) is 0 Å². The highest BCUT2D eigenvalue weighted by Crippen LogP contribution is 2.42. The molecule has 3 heterocycles. The molecule has 0 radical (unpaired) electrons. The Morgan fingerprint density at radius 1 is 1.17 bits per heavy atom. The number of aryl methyl sites for hydroxylation is 1. The molecule has 2 N–H and O–H groups in total. The van der Waals surface area contributed by atoms with Gasteiger partial charge in [0.25, 0.3) is 0 Å². The molecule has 2 amide bonds. The molecule has 2 saturated carbocycles. The third-order valence-electron chi connectivity index (χ3n) is 7.94. The largest absolute Gasteiger partial charge is 0.383 e. The van der Waals surface area contributed by atoms with Crippen LogP contribution in [0.2, 0.25) is 0 Å². The van der Waals surface area contributed by atoms with Crippen LogP contribution in [-0.4, -0.2) is 69.3 Å². The molecule has 1 aromatic carbocycles. The van der Waals surface area contributed by atoms with Crippen molar-refractivity contribution in [3.63, 3.8) is 0 Å². The molecular weight excluding hydrogens is 532 g/mol. The van der Waals surface area contributed by atoms with Gasteiger partial charge in [-0.3, -0.25) is 9.59 Å². The molecule has 0 bridgehead atoms. The molecular formula is C31H34N8O3. The van der Waals surface area contributed by atoms with Gasteiger partial charge in [0.1, 0.15) is 18.1 Å². The minimum Gasteiger partial charge on any atom is -0.383 e. The van der Waals surface area contributed by atoms with Crippen LogP contribution in [0, 0.1) is 17.2 Å². The zero-order chi connectivity index (χ0) is 29.2. The first-order valence-corrected chi connectivity index (χ1v) is 14.4. The van der Waals surface area contributed by atoms with E-state index in [1.165, 1.54) is 0 Å². The minimum absolute atomic E-state index is 0.161. The van der Waals surface area contributed by atoms with Gasteiger partial charge in [-0.25, -0.2) is 4.98 Å². The van der Waals surface area contributed by atoms with E-state index in [2.05, 4.69) is 26.9 Å². The number of hydrogen-bond donors (Lipinski definition) is 2. The van der Waals surface area contributed by atoms with Gasteiger partial charge < -0.3 is 24.8 Å². The minimum atomic E-state index is -0.825. The van der Waals surface area contributed by atoms with Crippen LogP contribution in [0.15, 0.2) is 48.4 Å². The second kappa shape index (κ2) is 11.8. The molecule has 2 aliphatic carbocycles. The van der Waals surface area contributed by atoms with E-state index in [1.807, 2.05) is 31.4 Å². The maximum atomic E-state index is 13.7. The second-order valence-electron chi connectivity index (χ2n) is 11.3. The van der Waals surface area contributed by atoms with Gasteiger partial charge in [0.15, 0.2) is 5.82 Å². The van der Waals surface area contributed by atoms with Crippen molar-refractivity contribution in [3.8, 4) is 28.6 Å². The highest BCUT2D eigenvalue weighted by atomic mass is 16.5. The van der Waals surface area contributed by atoms with E-state index in [0.29, 0.717) is 49.2 Å². The van der Waals surface area contributed by atoms with Crippen LogP contribution in [0.1, 0.15) is 49.3 Å². The van der Waals surface area contributed by atoms with E-state index >= 15 is 0 Å². The summed E-state index contributed by atoms with van der Waals surface area (Å²) < 4.78 is 6.93. The van der Waals surface area contributed by atoms with E-state index in [9.17, 15) is 14.9 Å². The van der Waals surface area contributed by atoms with Gasteiger partial charge in [0.2, 0.25) is 11.8 Å². The Bertz CT molecular complexity index is 1580. The first-order chi connectivity index (χ1) is 20.4. The summed E-state index contributed by atoms with van der Waals surface area (Å²) >= 11 is 0. The molecule has 0 spiro atoms. The molecule has 0 saturated heterocycles. The molecule has 11 heteroatoms. The second-order valence-corrected chi connectivity index (χ2v) is 11.3. The molecule has 3 aliphatic rings. The SMILES string of the molecule is COCCNCC1=CN(C2CC2)C(=O)C(C(=O)Nc2cc(-c3ccc(C#N)cc3-c3nncn3C)cc(C3CC3)n2)C1. The van der Waals surface area contributed by atoms with E-state index in [4.69, 9.17) is 9.72 Å². The third-order valence-corrected chi connectivity index (χ3v) is 7.94. The van der Waals surface area contributed by atoms with Gasteiger partial charge in [-0.2, -0.15) is 5.26 Å². The summed E-state index contributed by atoms with van der Waals surface area (Å²) in [4.78, 5) is 33.7. The number of carbonyl (C=O) groups is 2. The Kier molecular flexibility index (Phi) is 7.82. The quantitative estimate of drug-likeness (QED) is 0.266. The van der Waals surface area contributed by atoms with Gasteiger partial charge in [0.05, 0.1) is 18.2 Å². The van der Waals surface area contributed by atoms with Crippen LogP contribution in [0.25, 0.3) is 22.5 Å². The molecule has 2 aromatic heterocycles. The van der Waals surface area contributed by atoms with E-state index in [1.54, 1.807) is 35.0 Å². The fraction of sp³-hybridized carbons (Fsp3) is 0.419. The molecule has 6 rings (SSSR count). The lowest BCUT2D eigenvalue weighted by molar-refractivity contribution is -0.139. The number of pyridine rings is 1. The monoisotopic (exact) mass is 566 g/mol. The summed E-state index contributed by atoms with van der Waals surface area (Å²) in [5.74, 6) is 0.0239. The zero-order valence-corrected chi connectivity index (χ0v) is 23.8. The van der Waals surface area contributed by atoms with Crippen LogP contribution in [0.4, 0.5) is 5.82 Å². The number of methoxy groups -OCH3 is 1. The van der Waals surface area contributed by atoms with Gasteiger partial charge in [0, 0.05) is 56.7 Å². The summed E-state index contributed by atoms with van der Waals surface area (Å²) in [6, 6.07) is 11.7. The average molecular weight is 567 g/mol. The number of hydrogen-bond acceptors (Lipinski definition) is 8. The first kappa shape index (κ1) is 27.8. The molecule has 1 unspecified atom stereocenters. The average Bonchev–Trinajstić information content (AvgIpc) is 3.93. The lowest BCUT2D eigenvalue weighted by atomic mass is 9.93. The number of nitriles is 1. The summed E-state index contributed by atoms with van der Waals surface area (Å²) in [6.45, 7) is 1.87. The Morgan fingerprint density at radius 3 is 2.69 bits per heavy atom. The van der Waals surface area contributed by atoms with Crippen molar-refractivity contribution in [2.45, 2.75) is 44.1 Å². The van der Waals surface area contributed by atoms with Gasteiger partial charge in [-0.1, -0.05) is 6.07 Å². The summed E-state index contributed by atoms with van der Waals surface area (Å²) in [5, 5.41) is 24.2. The van der Waals surface area contributed by atoms with Gasteiger partial charge in [-0.15, -0.1) is 10.2 Å². The fourth-order valence-electron chi connectivity index (χ4n) is 5.38. The highest BCUT2D eigenvalue weighted by molar-refractivity contribution is 6.07. The Labute approximate surface area is 244 Å². The predicted molar refractivity (Wildman–Crippen MR) is 156 cm³/mol. The normalized spacial score (nSPS) is 18.5. The predicted octanol–water partition coefficient (Wildman–Crippen LogP) is 3.36. The number of amides is 2. The summed E-state index contributed by atoms with van der Waals surface area (Å²) in [6.07, 6.45) is 7.88. The first-order valence-electron chi connectivity index (χ1n) is 14.4. The fourth-order valence-corrected chi connectivity index (χ4v) is 5.38. The molecule has 216 valence electrons. The van der Waals surface area contributed by atoms with Crippen LogP contribution >= 0.6 is 0 Å². The number of benzene rings is 1. The molecule has 1 atom stereocenters. The highest BCUT2D eigenvalue weighted by Gasteiger charge is 2.41. The Balaban J connectivity index is 1.29. The van der Waals surface area contributed by atoms with Crippen molar-refractivity contribution in [2.24, 2.45) is 13.0 Å². The number of aromatic nitrogens is 4.